The molecule has 0 radical (unpaired) electrons. The van der Waals surface area contributed by atoms with E-state index in [0.717, 1.165) is 25.1 Å². The molecule has 0 bridgehead atoms. The molecule has 7 nitrogen and oxygen atoms in total. The van der Waals surface area contributed by atoms with E-state index >= 15 is 0 Å². The Bertz CT molecular complexity index is 853. The number of anilines is 1. The van der Waals surface area contributed by atoms with Crippen molar-refractivity contribution in [3.05, 3.63) is 40.4 Å². The Hall–Kier alpha value is -2.70. The van der Waals surface area contributed by atoms with Crippen LogP contribution in [0.1, 0.15) is 19.3 Å². The van der Waals surface area contributed by atoms with Gasteiger partial charge in [-0.2, -0.15) is 0 Å². The van der Waals surface area contributed by atoms with E-state index in [9.17, 15) is 20.0 Å². The van der Waals surface area contributed by atoms with Gasteiger partial charge >= 0.3 is 5.97 Å². The van der Waals surface area contributed by atoms with Gasteiger partial charge in [0.05, 0.1) is 15.9 Å². The molecule has 2 fully saturated rings. The molecule has 124 valence electrons. The first-order valence-electron chi connectivity index (χ1n) is 8.03. The molecule has 1 N–H and O–H groups in total. The number of hydrogen-bond donors (Lipinski definition) is 1. The van der Waals surface area contributed by atoms with Gasteiger partial charge in [0.25, 0.3) is 5.69 Å². The highest BCUT2D eigenvalue weighted by atomic mass is 16.6. The number of rotatable bonds is 3. The Morgan fingerprint density at radius 1 is 1.38 bits per heavy atom. The van der Waals surface area contributed by atoms with E-state index in [-0.39, 0.29) is 11.6 Å². The fourth-order valence-corrected chi connectivity index (χ4v) is 4.21. The fourth-order valence-electron chi connectivity index (χ4n) is 4.21. The number of carboxylic acids is 1. The second-order valence-electron chi connectivity index (χ2n) is 6.73. The number of nitrogens with zero attached hydrogens (tertiary/aromatic N) is 3. The lowest BCUT2D eigenvalue weighted by Crippen LogP contribution is -2.35. The SMILES string of the molecule is O=C(O)[C@@]12CCC[C@H]1CN(c1ccc3cc([N+](=O)[O-])ccc3n1)C2. The number of carboxylic acid groups (broad SMARTS) is 1. The van der Waals surface area contributed by atoms with Gasteiger partial charge in [-0.25, -0.2) is 4.98 Å². The van der Waals surface area contributed by atoms with Crippen LogP contribution in [0.25, 0.3) is 10.9 Å². The largest absolute Gasteiger partial charge is 0.481 e. The summed E-state index contributed by atoms with van der Waals surface area (Å²) >= 11 is 0. The Kier molecular flexibility index (Phi) is 3.19. The summed E-state index contributed by atoms with van der Waals surface area (Å²) in [6, 6.07) is 8.22. The molecule has 4 rings (SSSR count). The number of fused-ring (bicyclic) bond motifs is 2. The zero-order valence-electron chi connectivity index (χ0n) is 13.0. The third kappa shape index (κ3) is 2.11. The molecule has 0 spiro atoms. The lowest BCUT2D eigenvalue weighted by molar-refractivity contribution is -0.384. The molecule has 24 heavy (non-hydrogen) atoms. The maximum absolute atomic E-state index is 11.8. The van der Waals surface area contributed by atoms with Crippen LogP contribution in [-0.2, 0) is 4.79 Å². The van der Waals surface area contributed by atoms with Crippen molar-refractivity contribution in [3.8, 4) is 0 Å². The van der Waals surface area contributed by atoms with Crippen molar-refractivity contribution in [2.75, 3.05) is 18.0 Å². The van der Waals surface area contributed by atoms with Crippen LogP contribution < -0.4 is 4.90 Å². The van der Waals surface area contributed by atoms with Crippen molar-refractivity contribution in [3.63, 3.8) is 0 Å². The highest BCUT2D eigenvalue weighted by Crippen LogP contribution is 2.49. The number of aliphatic carboxylic acids is 1. The monoisotopic (exact) mass is 327 g/mol. The molecule has 2 aliphatic rings. The third-order valence-corrected chi connectivity index (χ3v) is 5.49. The maximum Gasteiger partial charge on any atom is 0.311 e. The minimum absolute atomic E-state index is 0.0394. The van der Waals surface area contributed by atoms with E-state index in [0.29, 0.717) is 24.0 Å². The maximum atomic E-state index is 11.8. The quantitative estimate of drug-likeness (QED) is 0.688. The van der Waals surface area contributed by atoms with Crippen LogP contribution in [0.4, 0.5) is 11.5 Å². The predicted molar refractivity (Wildman–Crippen MR) is 88.0 cm³/mol. The average molecular weight is 327 g/mol. The van der Waals surface area contributed by atoms with E-state index in [1.54, 1.807) is 6.07 Å². The molecule has 2 heterocycles. The van der Waals surface area contributed by atoms with Crippen molar-refractivity contribution >= 4 is 28.4 Å². The number of nitro groups is 1. The van der Waals surface area contributed by atoms with Crippen molar-refractivity contribution in [1.82, 2.24) is 4.98 Å². The number of pyridine rings is 1. The zero-order valence-corrected chi connectivity index (χ0v) is 13.0. The number of non-ortho nitro benzene ring substituents is 1. The van der Waals surface area contributed by atoms with E-state index < -0.39 is 16.3 Å². The Morgan fingerprint density at radius 2 is 2.21 bits per heavy atom. The standard InChI is InChI=1S/C17H17N3O4/c21-16(22)17-7-1-2-12(17)9-19(10-17)15-6-3-11-8-13(20(23)24)4-5-14(11)18-15/h3-6,8,12H,1-2,7,9-10H2,(H,21,22)/t12-,17+/m0/s1. The van der Waals surface area contributed by atoms with Crippen molar-refractivity contribution in [2.45, 2.75) is 19.3 Å². The van der Waals surface area contributed by atoms with Crippen LogP contribution in [0.5, 0.6) is 0 Å². The summed E-state index contributed by atoms with van der Waals surface area (Å²) in [6.45, 7) is 1.19. The van der Waals surface area contributed by atoms with Gasteiger partial charge in [0.15, 0.2) is 0 Å². The summed E-state index contributed by atoms with van der Waals surface area (Å²) in [5.41, 5.74) is 0.0728. The summed E-state index contributed by atoms with van der Waals surface area (Å²) in [5, 5.41) is 21.2. The lowest BCUT2D eigenvalue weighted by atomic mass is 9.81. The molecule has 0 amide bonds. The minimum atomic E-state index is -0.705. The number of carbonyl (C=O) groups is 1. The smallest absolute Gasteiger partial charge is 0.311 e. The molecule has 1 aromatic heterocycles. The Morgan fingerprint density at radius 3 is 2.92 bits per heavy atom. The first-order valence-corrected chi connectivity index (χ1v) is 8.03. The van der Waals surface area contributed by atoms with Crippen LogP contribution in [0.15, 0.2) is 30.3 Å². The van der Waals surface area contributed by atoms with Crippen LogP contribution in [0.3, 0.4) is 0 Å². The summed E-state index contributed by atoms with van der Waals surface area (Å²) in [7, 11) is 0. The number of aromatic nitrogens is 1. The summed E-state index contributed by atoms with van der Waals surface area (Å²) in [4.78, 5) is 28.8. The van der Waals surface area contributed by atoms with Gasteiger partial charge in [0, 0.05) is 30.6 Å². The predicted octanol–water partition coefficient (Wildman–Crippen LogP) is 2.83. The van der Waals surface area contributed by atoms with Gasteiger partial charge in [-0.3, -0.25) is 14.9 Å². The van der Waals surface area contributed by atoms with Gasteiger partial charge < -0.3 is 10.0 Å². The summed E-state index contributed by atoms with van der Waals surface area (Å²) in [5.74, 6) is 0.208. The molecule has 1 saturated carbocycles. The first-order chi connectivity index (χ1) is 11.5. The van der Waals surface area contributed by atoms with Crippen LogP contribution >= 0.6 is 0 Å². The molecule has 7 heteroatoms. The second kappa shape index (κ2) is 5.15. The Balaban J connectivity index is 1.67. The van der Waals surface area contributed by atoms with Crippen molar-refractivity contribution in [2.24, 2.45) is 11.3 Å². The van der Waals surface area contributed by atoms with Gasteiger partial charge in [-0.15, -0.1) is 0 Å². The number of benzene rings is 1. The number of nitro benzene ring substituents is 1. The second-order valence-corrected chi connectivity index (χ2v) is 6.73. The third-order valence-electron chi connectivity index (χ3n) is 5.49. The first kappa shape index (κ1) is 14.9. The summed E-state index contributed by atoms with van der Waals surface area (Å²) in [6.07, 6.45) is 2.64. The number of hydrogen-bond acceptors (Lipinski definition) is 5. The minimum Gasteiger partial charge on any atom is -0.481 e. The highest BCUT2D eigenvalue weighted by molar-refractivity contribution is 5.83. The van der Waals surface area contributed by atoms with Crippen molar-refractivity contribution < 1.29 is 14.8 Å². The normalized spacial score (nSPS) is 25.8. The van der Waals surface area contributed by atoms with E-state index in [1.807, 2.05) is 17.0 Å². The van der Waals surface area contributed by atoms with Gasteiger partial charge in [-0.1, -0.05) is 6.42 Å². The summed E-state index contributed by atoms with van der Waals surface area (Å²) < 4.78 is 0. The molecule has 1 aliphatic heterocycles. The molecule has 2 atom stereocenters. The lowest BCUT2D eigenvalue weighted by Gasteiger charge is -2.23. The highest BCUT2D eigenvalue weighted by Gasteiger charge is 2.55. The molecule has 1 aromatic carbocycles. The van der Waals surface area contributed by atoms with E-state index in [1.165, 1.54) is 12.1 Å². The molecule has 2 aromatic rings. The molecule has 1 aliphatic carbocycles. The van der Waals surface area contributed by atoms with Crippen LogP contribution in [0.2, 0.25) is 0 Å². The average Bonchev–Trinajstić information content (AvgIpc) is 3.12. The fraction of sp³-hybridized carbons (Fsp3) is 0.412. The zero-order chi connectivity index (χ0) is 16.9. The molecule has 1 saturated heterocycles. The van der Waals surface area contributed by atoms with Crippen molar-refractivity contribution in [1.29, 1.82) is 0 Å². The molecule has 0 unspecified atom stereocenters. The molecular formula is C17H17N3O4. The van der Waals surface area contributed by atoms with Gasteiger partial charge in [0.1, 0.15) is 5.82 Å². The molecular weight excluding hydrogens is 310 g/mol. The Labute approximate surface area is 138 Å². The van der Waals surface area contributed by atoms with Crippen LogP contribution in [0, 0.1) is 21.4 Å². The van der Waals surface area contributed by atoms with Crippen LogP contribution in [-0.4, -0.2) is 34.1 Å². The van der Waals surface area contributed by atoms with E-state index in [2.05, 4.69) is 4.98 Å². The topological polar surface area (TPSA) is 96.6 Å². The van der Waals surface area contributed by atoms with Gasteiger partial charge in [0.2, 0.25) is 0 Å². The van der Waals surface area contributed by atoms with Gasteiger partial charge in [-0.05, 0) is 37.0 Å². The van der Waals surface area contributed by atoms with E-state index in [4.69, 9.17) is 0 Å².